The van der Waals surface area contributed by atoms with E-state index in [1.165, 1.54) is 9.80 Å². The van der Waals surface area contributed by atoms with Crippen molar-refractivity contribution < 1.29 is 23.9 Å². The Kier molecular flexibility index (Phi) is 6.55. The monoisotopic (exact) mass is 528 g/mol. The van der Waals surface area contributed by atoms with Gasteiger partial charge in [-0.15, -0.1) is 0 Å². The molecule has 2 heterocycles. The second kappa shape index (κ2) is 9.52. The molecule has 0 bridgehead atoms. The third kappa shape index (κ3) is 4.28. The highest BCUT2D eigenvalue weighted by Gasteiger charge is 2.50. The fraction of sp³-hybridized carbons (Fsp3) is 0.407. The van der Waals surface area contributed by atoms with Crippen LogP contribution in [0.1, 0.15) is 38.2 Å². The van der Waals surface area contributed by atoms with Crippen LogP contribution >= 0.6 is 23.2 Å². The summed E-state index contributed by atoms with van der Waals surface area (Å²) in [6.07, 6.45) is 2.42. The number of aryl methyl sites for hydroxylation is 1. The van der Waals surface area contributed by atoms with Crippen molar-refractivity contribution in [2.24, 2.45) is 23.7 Å². The fourth-order valence-corrected chi connectivity index (χ4v) is 5.97. The summed E-state index contributed by atoms with van der Waals surface area (Å²) in [7, 11) is 0. The maximum absolute atomic E-state index is 13.1. The second-order valence-electron chi connectivity index (χ2n) is 9.99. The number of hydrogen-bond donors (Lipinski definition) is 0. The molecule has 36 heavy (non-hydrogen) atoms. The number of carbonyl (C=O) groups is 4. The number of halogens is 2. The first-order valence-corrected chi connectivity index (χ1v) is 12.9. The zero-order valence-electron chi connectivity index (χ0n) is 20.0. The van der Waals surface area contributed by atoms with E-state index < -0.39 is 11.9 Å². The van der Waals surface area contributed by atoms with E-state index in [9.17, 15) is 19.2 Å². The Hall–Kier alpha value is -2.90. The SMILES string of the molecule is Cc1cc(OC(=O)[C@@H]2CC(=O)N(c3cccc(Cl)c3Cl)C2)ccc1N1C(=O)[C@H]2C[C@H](C)CC[C@H]2C1=O. The predicted molar refractivity (Wildman–Crippen MR) is 136 cm³/mol. The second-order valence-corrected chi connectivity index (χ2v) is 10.8. The van der Waals surface area contributed by atoms with Gasteiger partial charge in [-0.25, -0.2) is 4.90 Å². The lowest BCUT2D eigenvalue weighted by molar-refractivity contribution is -0.139. The van der Waals surface area contributed by atoms with E-state index in [1.54, 1.807) is 43.3 Å². The molecule has 2 aromatic carbocycles. The maximum atomic E-state index is 13.1. The van der Waals surface area contributed by atoms with Gasteiger partial charge in [-0.05, 0) is 68.0 Å². The van der Waals surface area contributed by atoms with E-state index in [0.29, 0.717) is 27.9 Å². The van der Waals surface area contributed by atoms with Crippen molar-refractivity contribution in [3.8, 4) is 5.75 Å². The van der Waals surface area contributed by atoms with Gasteiger partial charge in [0.1, 0.15) is 5.75 Å². The molecule has 3 amide bonds. The van der Waals surface area contributed by atoms with Crippen molar-refractivity contribution >= 4 is 58.3 Å². The van der Waals surface area contributed by atoms with Gasteiger partial charge in [0.25, 0.3) is 0 Å². The molecule has 2 aliphatic heterocycles. The topological polar surface area (TPSA) is 84.0 Å². The highest BCUT2D eigenvalue weighted by molar-refractivity contribution is 6.44. The number of hydrogen-bond acceptors (Lipinski definition) is 5. The molecule has 9 heteroatoms. The Bertz CT molecular complexity index is 1280. The van der Waals surface area contributed by atoms with Crippen LogP contribution in [0.5, 0.6) is 5.75 Å². The van der Waals surface area contributed by atoms with Crippen molar-refractivity contribution in [1.29, 1.82) is 0 Å². The zero-order chi connectivity index (χ0) is 25.7. The third-order valence-electron chi connectivity index (χ3n) is 7.50. The van der Waals surface area contributed by atoms with Gasteiger partial charge in [-0.1, -0.05) is 36.2 Å². The van der Waals surface area contributed by atoms with Crippen molar-refractivity contribution in [3.05, 3.63) is 52.0 Å². The van der Waals surface area contributed by atoms with E-state index in [1.807, 2.05) is 0 Å². The average Bonchev–Trinajstić information content (AvgIpc) is 3.33. The first kappa shape index (κ1) is 24.8. The Morgan fingerprint density at radius 3 is 2.50 bits per heavy atom. The molecule has 0 aromatic heterocycles. The van der Waals surface area contributed by atoms with Crippen LogP contribution in [-0.4, -0.2) is 30.2 Å². The number of anilines is 2. The summed E-state index contributed by atoms with van der Waals surface area (Å²) >= 11 is 12.3. The van der Waals surface area contributed by atoms with Crippen LogP contribution in [0.15, 0.2) is 36.4 Å². The fourth-order valence-electron chi connectivity index (χ4n) is 5.57. The van der Waals surface area contributed by atoms with Crippen molar-refractivity contribution in [3.63, 3.8) is 0 Å². The molecule has 0 N–H and O–H groups in total. The van der Waals surface area contributed by atoms with Crippen LogP contribution in [0.3, 0.4) is 0 Å². The number of rotatable bonds is 4. The van der Waals surface area contributed by atoms with Gasteiger partial charge >= 0.3 is 5.97 Å². The summed E-state index contributed by atoms with van der Waals surface area (Å²) in [5, 5.41) is 0.584. The highest BCUT2D eigenvalue weighted by Crippen LogP contribution is 2.43. The minimum atomic E-state index is -0.667. The zero-order valence-corrected chi connectivity index (χ0v) is 21.5. The summed E-state index contributed by atoms with van der Waals surface area (Å²) in [6.45, 7) is 4.03. The lowest BCUT2D eigenvalue weighted by Crippen LogP contribution is -2.31. The standard InChI is InChI=1S/C27H26Cl2N2O5/c1-14-6-8-18-19(10-14)26(34)31(25(18)33)21-9-7-17(11-15(21)2)36-27(35)16-12-23(32)30(13-16)22-5-3-4-20(28)24(22)29/h3-5,7,9,11,14,16,18-19H,6,8,10,12-13H2,1-2H3/t14-,16-,18-,19+/m1/s1. The Balaban J connectivity index is 1.29. The quantitative estimate of drug-likeness (QED) is 0.310. The maximum Gasteiger partial charge on any atom is 0.316 e. The van der Waals surface area contributed by atoms with E-state index in [4.69, 9.17) is 27.9 Å². The van der Waals surface area contributed by atoms with Crippen LogP contribution in [-0.2, 0) is 19.2 Å². The lowest BCUT2D eigenvalue weighted by atomic mass is 9.76. The van der Waals surface area contributed by atoms with Gasteiger partial charge in [-0.3, -0.25) is 19.2 Å². The van der Waals surface area contributed by atoms with Gasteiger partial charge in [0.2, 0.25) is 17.7 Å². The smallest absolute Gasteiger partial charge is 0.316 e. The summed E-state index contributed by atoms with van der Waals surface area (Å²) < 4.78 is 5.58. The largest absolute Gasteiger partial charge is 0.426 e. The van der Waals surface area contributed by atoms with Crippen LogP contribution in [0, 0.1) is 30.6 Å². The van der Waals surface area contributed by atoms with E-state index in [-0.39, 0.29) is 53.3 Å². The Morgan fingerprint density at radius 1 is 1.00 bits per heavy atom. The van der Waals surface area contributed by atoms with Gasteiger partial charge in [0, 0.05) is 13.0 Å². The molecule has 3 fully saturated rings. The number of imide groups is 1. The molecule has 1 aliphatic carbocycles. The number of fused-ring (bicyclic) bond motifs is 1. The molecule has 4 atom stereocenters. The predicted octanol–water partition coefficient (Wildman–Crippen LogP) is 5.19. The molecular weight excluding hydrogens is 503 g/mol. The number of benzene rings is 2. The molecule has 3 aliphatic rings. The lowest BCUT2D eigenvalue weighted by Gasteiger charge is -2.25. The summed E-state index contributed by atoms with van der Waals surface area (Å²) in [5.41, 5.74) is 1.63. The van der Waals surface area contributed by atoms with Gasteiger partial charge in [0.05, 0.1) is 39.2 Å². The van der Waals surface area contributed by atoms with Crippen molar-refractivity contribution in [1.82, 2.24) is 0 Å². The van der Waals surface area contributed by atoms with Crippen molar-refractivity contribution in [2.75, 3.05) is 16.3 Å². The normalized spacial score (nSPS) is 25.9. The van der Waals surface area contributed by atoms with Gasteiger partial charge < -0.3 is 9.64 Å². The first-order valence-electron chi connectivity index (χ1n) is 12.1. The van der Waals surface area contributed by atoms with Crippen LogP contribution in [0.4, 0.5) is 11.4 Å². The minimum Gasteiger partial charge on any atom is -0.426 e. The molecule has 5 rings (SSSR count). The minimum absolute atomic E-state index is 0.00325. The van der Waals surface area contributed by atoms with Crippen molar-refractivity contribution in [2.45, 2.75) is 39.5 Å². The molecule has 2 saturated heterocycles. The number of amides is 3. The van der Waals surface area contributed by atoms with E-state index in [2.05, 4.69) is 6.92 Å². The summed E-state index contributed by atoms with van der Waals surface area (Å²) in [5.74, 6) is -1.52. The number of carbonyl (C=O) groups excluding carboxylic acids is 4. The van der Waals surface area contributed by atoms with E-state index in [0.717, 1.165) is 19.3 Å². The van der Waals surface area contributed by atoms with E-state index >= 15 is 0 Å². The van der Waals surface area contributed by atoms with Crippen LogP contribution in [0.25, 0.3) is 0 Å². The number of ether oxygens (including phenoxy) is 1. The summed E-state index contributed by atoms with van der Waals surface area (Å²) in [4.78, 5) is 54.3. The Morgan fingerprint density at radius 2 is 1.75 bits per heavy atom. The molecule has 1 saturated carbocycles. The number of nitrogens with zero attached hydrogens (tertiary/aromatic N) is 2. The molecular formula is C27H26Cl2N2O5. The number of esters is 1. The molecule has 0 spiro atoms. The average molecular weight is 529 g/mol. The van der Waals surface area contributed by atoms with Gasteiger partial charge in [-0.2, -0.15) is 0 Å². The molecule has 0 unspecified atom stereocenters. The summed E-state index contributed by atoms with van der Waals surface area (Å²) in [6, 6.07) is 9.86. The Labute approximate surface area is 219 Å². The molecule has 188 valence electrons. The highest BCUT2D eigenvalue weighted by atomic mass is 35.5. The first-order chi connectivity index (χ1) is 17.2. The van der Waals surface area contributed by atoms with Crippen LogP contribution < -0.4 is 14.5 Å². The third-order valence-corrected chi connectivity index (χ3v) is 8.30. The molecule has 2 aromatic rings. The van der Waals surface area contributed by atoms with Crippen LogP contribution in [0.2, 0.25) is 10.0 Å². The molecule has 0 radical (unpaired) electrons. The molecule has 7 nitrogen and oxygen atoms in total. The van der Waals surface area contributed by atoms with Gasteiger partial charge in [0.15, 0.2) is 0 Å².